The summed E-state index contributed by atoms with van der Waals surface area (Å²) < 4.78 is 0. The van der Waals surface area contributed by atoms with E-state index in [1.54, 1.807) is 25.1 Å². The summed E-state index contributed by atoms with van der Waals surface area (Å²) in [4.78, 5) is 40.0. The van der Waals surface area contributed by atoms with Gasteiger partial charge in [0.2, 0.25) is 5.78 Å². The third-order valence-corrected chi connectivity index (χ3v) is 6.89. The number of primary amides is 1. The zero-order chi connectivity index (χ0) is 23.0. The number of aliphatic hydroxyl groups is 3. The highest BCUT2D eigenvalue weighted by atomic mass is 16.3. The van der Waals surface area contributed by atoms with E-state index in [1.165, 1.54) is 13.0 Å². The van der Waals surface area contributed by atoms with Gasteiger partial charge in [-0.1, -0.05) is 6.92 Å². The van der Waals surface area contributed by atoms with E-state index < -0.39 is 51.5 Å². The Bertz CT molecular complexity index is 1130. The van der Waals surface area contributed by atoms with Crippen molar-refractivity contribution in [3.63, 3.8) is 0 Å². The number of phenols is 1. The monoisotopic (exact) mass is 428 g/mol. The predicted molar refractivity (Wildman–Crippen MR) is 110 cm³/mol. The fraction of sp³-hybridized carbons (Fsp3) is 0.409. The summed E-state index contributed by atoms with van der Waals surface area (Å²) in [7, 11) is 3.60. The average molecular weight is 428 g/mol. The van der Waals surface area contributed by atoms with E-state index in [9.17, 15) is 34.8 Å². The molecular weight excluding hydrogens is 404 g/mol. The zero-order valence-electron chi connectivity index (χ0n) is 17.4. The topological polar surface area (TPSA) is 161 Å². The van der Waals surface area contributed by atoms with Crippen LogP contribution in [0.15, 0.2) is 34.8 Å². The highest BCUT2D eigenvalue weighted by Crippen LogP contribution is 2.58. The molecule has 6 N–H and O–H groups in total. The molecule has 0 saturated carbocycles. The maximum atomic E-state index is 13.4. The van der Waals surface area contributed by atoms with Crippen LogP contribution in [-0.4, -0.2) is 57.6 Å². The van der Waals surface area contributed by atoms with Crippen LogP contribution in [0.5, 0.6) is 5.75 Å². The van der Waals surface area contributed by atoms with Crippen LogP contribution in [0.1, 0.15) is 35.7 Å². The molecule has 0 spiro atoms. The van der Waals surface area contributed by atoms with Gasteiger partial charge in [0.15, 0.2) is 11.4 Å². The molecule has 0 radical (unpaired) electrons. The largest absolute Gasteiger partial charge is 0.511 e. The number of hydrogen-bond acceptors (Lipinski definition) is 8. The Morgan fingerprint density at radius 2 is 1.84 bits per heavy atom. The van der Waals surface area contributed by atoms with Gasteiger partial charge in [-0.3, -0.25) is 14.4 Å². The van der Waals surface area contributed by atoms with E-state index in [4.69, 9.17) is 5.73 Å². The summed E-state index contributed by atoms with van der Waals surface area (Å²) in [6.07, 6.45) is 0.0802. The van der Waals surface area contributed by atoms with E-state index >= 15 is 0 Å². The molecule has 0 saturated heterocycles. The summed E-state index contributed by atoms with van der Waals surface area (Å²) in [6.45, 7) is 1.52. The second-order valence-electron chi connectivity index (χ2n) is 9.01. The molecule has 0 fully saturated rings. The number of aliphatic hydroxyl groups excluding tert-OH is 2. The van der Waals surface area contributed by atoms with Crippen LogP contribution >= 0.6 is 0 Å². The molecule has 31 heavy (non-hydrogen) atoms. The molecule has 0 bridgehead atoms. The number of rotatable bonds is 2. The first-order chi connectivity index (χ1) is 14.3. The van der Waals surface area contributed by atoms with Crippen molar-refractivity contribution in [2.75, 3.05) is 19.0 Å². The minimum absolute atomic E-state index is 0.00738. The molecule has 0 aliphatic heterocycles. The molecule has 0 unspecified atom stereocenters. The lowest BCUT2D eigenvalue weighted by atomic mass is 9.53. The number of hydrogen-bond donors (Lipinski definition) is 5. The number of phenolic OH excluding ortho intramolecular Hbond substituents is 1. The fourth-order valence-corrected chi connectivity index (χ4v) is 5.43. The number of aromatic hydroxyl groups is 1. The molecule has 164 valence electrons. The Balaban J connectivity index is 1.97. The molecule has 1 aromatic rings. The number of amides is 1. The maximum Gasteiger partial charge on any atom is 0.255 e. The Morgan fingerprint density at radius 3 is 2.42 bits per heavy atom. The molecule has 3 atom stereocenters. The number of allylic oxidation sites excluding steroid dienone is 2. The fourth-order valence-electron chi connectivity index (χ4n) is 5.43. The number of anilines is 1. The summed E-state index contributed by atoms with van der Waals surface area (Å²) in [5, 5.41) is 43.2. The Labute approximate surface area is 178 Å². The molecular formula is C22H24N2O7. The zero-order valence-corrected chi connectivity index (χ0v) is 17.4. The molecule has 1 amide bonds. The quantitative estimate of drug-likeness (QED) is 0.437. The van der Waals surface area contributed by atoms with Crippen LogP contribution in [0.25, 0.3) is 0 Å². The smallest absolute Gasteiger partial charge is 0.255 e. The Kier molecular flexibility index (Phi) is 4.28. The number of carbonyl (C=O) groups is 3. The summed E-state index contributed by atoms with van der Waals surface area (Å²) >= 11 is 0. The van der Waals surface area contributed by atoms with Gasteiger partial charge in [0.05, 0.1) is 5.56 Å². The maximum absolute atomic E-state index is 13.4. The average Bonchev–Trinajstić information content (AvgIpc) is 2.64. The van der Waals surface area contributed by atoms with Gasteiger partial charge in [-0.25, -0.2) is 0 Å². The summed E-state index contributed by atoms with van der Waals surface area (Å²) in [6, 6.07) is 3.07. The number of fused-ring (bicyclic) bond motifs is 3. The molecule has 9 nitrogen and oxygen atoms in total. The third kappa shape index (κ3) is 2.49. The lowest BCUT2D eigenvalue weighted by molar-refractivity contribution is -0.156. The van der Waals surface area contributed by atoms with Gasteiger partial charge in [-0.2, -0.15) is 0 Å². The van der Waals surface area contributed by atoms with Crippen LogP contribution < -0.4 is 10.6 Å². The number of nitrogens with zero attached hydrogens (tertiary/aromatic N) is 1. The SMILES string of the molecule is CN(C)c1ccc(O)c2c1C[C@H]1C[C@@]3(C)CC(O)=C(C(N)=O)C(=O)[C@@]3(O)C(O)=C1C2=O. The summed E-state index contributed by atoms with van der Waals surface area (Å²) in [5.41, 5.74) is 1.62. The van der Waals surface area contributed by atoms with Crippen LogP contribution in [0, 0.1) is 11.3 Å². The van der Waals surface area contributed by atoms with Crippen molar-refractivity contribution in [1.82, 2.24) is 0 Å². The van der Waals surface area contributed by atoms with Crippen molar-refractivity contribution < 1.29 is 34.8 Å². The second kappa shape index (κ2) is 6.34. The van der Waals surface area contributed by atoms with Crippen LogP contribution in [-0.2, 0) is 16.0 Å². The van der Waals surface area contributed by atoms with Crippen molar-refractivity contribution in [3.8, 4) is 5.75 Å². The highest BCUT2D eigenvalue weighted by molar-refractivity contribution is 6.24. The number of benzene rings is 1. The molecule has 0 heterocycles. The first-order valence-corrected chi connectivity index (χ1v) is 9.84. The van der Waals surface area contributed by atoms with Gasteiger partial charge in [0.1, 0.15) is 22.8 Å². The van der Waals surface area contributed by atoms with Crippen LogP contribution in [0.2, 0.25) is 0 Å². The van der Waals surface area contributed by atoms with E-state index in [0.29, 0.717) is 5.56 Å². The highest BCUT2D eigenvalue weighted by Gasteiger charge is 2.65. The third-order valence-electron chi connectivity index (χ3n) is 6.89. The van der Waals surface area contributed by atoms with E-state index in [0.717, 1.165) is 5.69 Å². The van der Waals surface area contributed by atoms with Gasteiger partial charge >= 0.3 is 0 Å². The number of ketones is 2. The number of nitrogens with two attached hydrogens (primary N) is 1. The number of Topliss-reactive ketones (excluding diaryl/α,β-unsaturated/α-hetero) is 2. The van der Waals surface area contributed by atoms with Gasteiger partial charge < -0.3 is 31.1 Å². The molecule has 1 aromatic carbocycles. The number of carbonyl (C=O) groups excluding carboxylic acids is 3. The van der Waals surface area contributed by atoms with Gasteiger partial charge in [-0.05, 0) is 36.5 Å². The lowest BCUT2D eigenvalue weighted by Gasteiger charge is -2.52. The first-order valence-electron chi connectivity index (χ1n) is 9.84. The van der Waals surface area contributed by atoms with Gasteiger partial charge in [-0.15, -0.1) is 0 Å². The second-order valence-corrected chi connectivity index (χ2v) is 9.01. The normalized spacial score (nSPS) is 30.0. The Morgan fingerprint density at radius 1 is 1.19 bits per heavy atom. The molecule has 4 rings (SSSR count). The van der Waals surface area contributed by atoms with E-state index in [1.807, 2.05) is 0 Å². The first kappa shape index (κ1) is 20.9. The standard InChI is InChI=1S/C22H24N2O7/c1-21-7-9-6-10-11(24(2)3)4-5-12(25)15(10)17(27)14(9)18(28)22(21,31)19(29)16(20(23)30)13(26)8-21/h4-5,9,25-26,28,31H,6-8H2,1-3H3,(H2,23,30)/t9-,21-,22-/m0/s1. The molecule has 9 heteroatoms. The Hall–Kier alpha value is -3.33. The van der Waals surface area contributed by atoms with Crippen LogP contribution in [0.3, 0.4) is 0 Å². The molecule has 3 aliphatic rings. The summed E-state index contributed by atoms with van der Waals surface area (Å²) in [5.74, 6) is -5.39. The van der Waals surface area contributed by atoms with Crippen molar-refractivity contribution >= 4 is 23.2 Å². The lowest BCUT2D eigenvalue weighted by Crippen LogP contribution is -2.62. The van der Waals surface area contributed by atoms with Crippen molar-refractivity contribution in [3.05, 3.63) is 45.9 Å². The predicted octanol–water partition coefficient (Wildman–Crippen LogP) is 1.04. The molecule has 0 aromatic heterocycles. The van der Waals surface area contributed by atoms with E-state index in [-0.39, 0.29) is 36.1 Å². The van der Waals surface area contributed by atoms with Gasteiger partial charge in [0, 0.05) is 37.2 Å². The van der Waals surface area contributed by atoms with Gasteiger partial charge in [0.25, 0.3) is 5.91 Å². The minimum Gasteiger partial charge on any atom is -0.511 e. The van der Waals surface area contributed by atoms with Crippen LogP contribution in [0.4, 0.5) is 5.69 Å². The minimum atomic E-state index is -2.60. The van der Waals surface area contributed by atoms with Crippen molar-refractivity contribution in [2.24, 2.45) is 17.1 Å². The van der Waals surface area contributed by atoms with Crippen molar-refractivity contribution in [1.29, 1.82) is 0 Å². The van der Waals surface area contributed by atoms with E-state index in [2.05, 4.69) is 0 Å². The molecule has 3 aliphatic carbocycles. The van der Waals surface area contributed by atoms with Crippen molar-refractivity contribution in [2.45, 2.75) is 31.8 Å².